The fraction of sp³-hybridized carbons (Fsp3) is 0.652. The molecule has 0 aromatic heterocycles. The van der Waals surface area contributed by atoms with Crippen molar-refractivity contribution < 1.29 is 14.3 Å². The zero-order valence-electron chi connectivity index (χ0n) is 20.1. The van der Waals surface area contributed by atoms with E-state index < -0.39 is 0 Å². The van der Waals surface area contributed by atoms with Gasteiger partial charge in [-0.25, -0.2) is 0 Å². The van der Waals surface area contributed by atoms with Gasteiger partial charge in [0, 0.05) is 72.9 Å². The van der Waals surface area contributed by atoms with Gasteiger partial charge in [0.1, 0.15) is 5.75 Å². The number of guanidine groups is 1. The quantitative estimate of drug-likeness (QED) is 0.273. The topological polar surface area (TPSA) is 81.7 Å². The Labute approximate surface area is 214 Å². The van der Waals surface area contributed by atoms with Crippen LogP contribution in [0.1, 0.15) is 18.5 Å². The van der Waals surface area contributed by atoms with E-state index >= 15 is 0 Å². The lowest BCUT2D eigenvalue weighted by Crippen LogP contribution is -2.51. The first-order valence-electron chi connectivity index (χ1n) is 11.5. The van der Waals surface area contributed by atoms with E-state index in [0.717, 1.165) is 83.8 Å². The van der Waals surface area contributed by atoms with Crippen molar-refractivity contribution in [3.05, 3.63) is 29.8 Å². The number of amides is 1. The van der Waals surface area contributed by atoms with Gasteiger partial charge in [0.05, 0.1) is 26.4 Å². The van der Waals surface area contributed by atoms with E-state index in [1.54, 1.807) is 21.1 Å². The summed E-state index contributed by atoms with van der Waals surface area (Å²) in [6.45, 7) is 10.9. The molecule has 186 valence electrons. The SMILES string of the molecule is CN=C(NCCN1CCN(C(C)=O)CC1)NCC(c1ccc(OC)cc1)N1CCOCC1.I. The largest absolute Gasteiger partial charge is 0.497 e. The van der Waals surface area contributed by atoms with Gasteiger partial charge >= 0.3 is 0 Å². The smallest absolute Gasteiger partial charge is 0.219 e. The van der Waals surface area contributed by atoms with Crippen molar-refractivity contribution in [3.63, 3.8) is 0 Å². The zero-order valence-corrected chi connectivity index (χ0v) is 22.4. The lowest BCUT2D eigenvalue weighted by atomic mass is 10.0. The van der Waals surface area contributed by atoms with Gasteiger partial charge < -0.3 is 25.0 Å². The molecule has 0 spiro atoms. The van der Waals surface area contributed by atoms with E-state index in [1.165, 1.54) is 5.56 Å². The third-order valence-electron chi connectivity index (χ3n) is 6.21. The van der Waals surface area contributed by atoms with E-state index in [0.29, 0.717) is 0 Å². The molecule has 3 rings (SSSR count). The number of benzene rings is 1. The normalized spacial score (nSPS) is 18.9. The summed E-state index contributed by atoms with van der Waals surface area (Å²) in [5, 5.41) is 6.94. The average molecular weight is 575 g/mol. The van der Waals surface area contributed by atoms with Gasteiger partial charge in [-0.05, 0) is 17.7 Å². The molecule has 10 heteroatoms. The highest BCUT2D eigenvalue weighted by molar-refractivity contribution is 14.0. The number of nitrogens with one attached hydrogen (secondary N) is 2. The monoisotopic (exact) mass is 574 g/mol. The Bertz CT molecular complexity index is 734. The molecule has 9 nitrogen and oxygen atoms in total. The van der Waals surface area contributed by atoms with Crippen molar-refractivity contribution in [3.8, 4) is 5.75 Å². The number of methoxy groups -OCH3 is 1. The first kappa shape index (κ1) is 27.6. The van der Waals surface area contributed by atoms with Crippen molar-refractivity contribution in [2.75, 3.05) is 86.3 Å². The second-order valence-corrected chi connectivity index (χ2v) is 8.16. The molecule has 1 aromatic carbocycles. The highest BCUT2D eigenvalue weighted by Gasteiger charge is 2.23. The number of morpholine rings is 1. The molecule has 2 heterocycles. The van der Waals surface area contributed by atoms with Crippen LogP contribution in [0.15, 0.2) is 29.3 Å². The molecule has 2 aliphatic heterocycles. The Balaban J connectivity index is 0.00000385. The van der Waals surface area contributed by atoms with Crippen LogP contribution >= 0.6 is 24.0 Å². The summed E-state index contributed by atoms with van der Waals surface area (Å²) in [6.07, 6.45) is 0. The molecule has 0 bridgehead atoms. The molecule has 0 saturated carbocycles. The standard InChI is InChI=1S/C23H38N6O3.HI/c1-19(30)28-12-10-27(11-13-28)9-8-25-23(24-2)26-18-22(29-14-16-32-17-15-29)20-4-6-21(31-3)7-5-20;/h4-7,22H,8-18H2,1-3H3,(H2,24,25,26);1H. The van der Waals surface area contributed by atoms with Crippen LogP contribution in [0.2, 0.25) is 0 Å². The molecule has 1 amide bonds. The van der Waals surface area contributed by atoms with Gasteiger partial charge in [0.2, 0.25) is 5.91 Å². The average Bonchev–Trinajstić information content (AvgIpc) is 2.84. The van der Waals surface area contributed by atoms with Gasteiger partial charge in [0.25, 0.3) is 0 Å². The van der Waals surface area contributed by atoms with Crippen LogP contribution < -0.4 is 15.4 Å². The number of ether oxygens (including phenoxy) is 2. The van der Waals surface area contributed by atoms with E-state index in [1.807, 2.05) is 17.0 Å². The molecular formula is C23H39IN6O3. The molecule has 2 saturated heterocycles. The van der Waals surface area contributed by atoms with Crippen LogP contribution in [0.4, 0.5) is 0 Å². The van der Waals surface area contributed by atoms with E-state index in [4.69, 9.17) is 9.47 Å². The summed E-state index contributed by atoms with van der Waals surface area (Å²) < 4.78 is 10.9. The third kappa shape index (κ3) is 8.58. The van der Waals surface area contributed by atoms with Crippen molar-refractivity contribution in [2.45, 2.75) is 13.0 Å². The summed E-state index contributed by atoms with van der Waals surface area (Å²) in [5.41, 5.74) is 1.25. The molecule has 0 radical (unpaired) electrons. The number of piperazine rings is 1. The van der Waals surface area contributed by atoms with Crippen LogP contribution in [0, 0.1) is 0 Å². The molecule has 1 aromatic rings. The van der Waals surface area contributed by atoms with E-state index in [9.17, 15) is 4.79 Å². The molecule has 1 atom stereocenters. The van der Waals surface area contributed by atoms with Gasteiger partial charge in [0.15, 0.2) is 5.96 Å². The molecule has 33 heavy (non-hydrogen) atoms. The first-order valence-corrected chi connectivity index (χ1v) is 11.5. The number of rotatable bonds is 8. The van der Waals surface area contributed by atoms with Crippen LogP contribution in [-0.4, -0.2) is 113 Å². The number of carbonyl (C=O) groups is 1. The summed E-state index contributed by atoms with van der Waals surface area (Å²) in [5.74, 6) is 1.84. The Morgan fingerprint density at radius 3 is 2.33 bits per heavy atom. The molecule has 0 aliphatic carbocycles. The number of halogens is 1. The Kier molecular flexibility index (Phi) is 12.2. The van der Waals surface area contributed by atoms with Gasteiger partial charge in [-0.3, -0.25) is 19.6 Å². The summed E-state index contributed by atoms with van der Waals surface area (Å²) >= 11 is 0. The number of carbonyl (C=O) groups excluding carboxylic acids is 1. The van der Waals surface area contributed by atoms with E-state index in [-0.39, 0.29) is 35.9 Å². The summed E-state index contributed by atoms with van der Waals surface area (Å²) in [7, 11) is 3.49. The van der Waals surface area contributed by atoms with Gasteiger partial charge in [-0.1, -0.05) is 12.1 Å². The van der Waals surface area contributed by atoms with Gasteiger partial charge in [-0.15, -0.1) is 24.0 Å². The maximum Gasteiger partial charge on any atom is 0.219 e. The number of aliphatic imine (C=N–C) groups is 1. The number of hydrogen-bond acceptors (Lipinski definition) is 6. The Hall–Kier alpha value is -1.63. The highest BCUT2D eigenvalue weighted by atomic mass is 127. The van der Waals surface area contributed by atoms with E-state index in [2.05, 4.69) is 37.6 Å². The van der Waals surface area contributed by atoms with Crippen molar-refractivity contribution in [1.29, 1.82) is 0 Å². The Morgan fingerprint density at radius 2 is 1.76 bits per heavy atom. The third-order valence-corrected chi connectivity index (χ3v) is 6.21. The lowest BCUT2D eigenvalue weighted by Gasteiger charge is -2.35. The van der Waals surface area contributed by atoms with Crippen LogP contribution in [-0.2, 0) is 9.53 Å². The maximum absolute atomic E-state index is 11.5. The first-order chi connectivity index (χ1) is 15.6. The molecule has 2 fully saturated rings. The minimum Gasteiger partial charge on any atom is -0.497 e. The van der Waals surface area contributed by atoms with Crippen LogP contribution in [0.25, 0.3) is 0 Å². The van der Waals surface area contributed by atoms with Gasteiger partial charge in [-0.2, -0.15) is 0 Å². The fourth-order valence-corrected chi connectivity index (χ4v) is 4.21. The Morgan fingerprint density at radius 1 is 1.09 bits per heavy atom. The zero-order chi connectivity index (χ0) is 22.8. The van der Waals surface area contributed by atoms with Crippen molar-refractivity contribution in [1.82, 2.24) is 25.3 Å². The second-order valence-electron chi connectivity index (χ2n) is 8.16. The predicted molar refractivity (Wildman–Crippen MR) is 142 cm³/mol. The molecule has 2 aliphatic rings. The molecule has 2 N–H and O–H groups in total. The fourth-order valence-electron chi connectivity index (χ4n) is 4.21. The molecule has 1 unspecified atom stereocenters. The predicted octanol–water partition coefficient (Wildman–Crippen LogP) is 1.02. The highest BCUT2D eigenvalue weighted by Crippen LogP contribution is 2.23. The minimum absolute atomic E-state index is 0. The van der Waals surface area contributed by atoms with Crippen LogP contribution in [0.5, 0.6) is 5.75 Å². The second kappa shape index (κ2) is 14.6. The summed E-state index contributed by atoms with van der Waals surface area (Å²) in [4.78, 5) is 22.6. The minimum atomic E-state index is 0. The van der Waals surface area contributed by atoms with Crippen molar-refractivity contribution in [2.24, 2.45) is 4.99 Å². The van der Waals surface area contributed by atoms with Crippen LogP contribution in [0.3, 0.4) is 0 Å². The lowest BCUT2D eigenvalue weighted by molar-refractivity contribution is -0.130. The maximum atomic E-state index is 11.5. The molecular weight excluding hydrogens is 535 g/mol. The summed E-state index contributed by atoms with van der Waals surface area (Å²) in [6, 6.07) is 8.53. The van der Waals surface area contributed by atoms with Crippen molar-refractivity contribution >= 4 is 35.8 Å². The number of nitrogens with zero attached hydrogens (tertiary/aromatic N) is 4. The number of hydrogen-bond donors (Lipinski definition) is 2.